The first-order chi connectivity index (χ1) is 15.4. The fourth-order valence-corrected chi connectivity index (χ4v) is 3.77. The number of ether oxygens (including phenoxy) is 1. The van der Waals surface area contributed by atoms with E-state index in [0.717, 1.165) is 4.90 Å². The number of carbonyl (C=O) groups is 3. The lowest BCUT2D eigenvalue weighted by atomic mass is 9.86. The molecule has 0 bridgehead atoms. The summed E-state index contributed by atoms with van der Waals surface area (Å²) < 4.78 is 18.7. The van der Waals surface area contributed by atoms with E-state index in [2.05, 4.69) is 4.98 Å². The molecule has 8 heteroatoms. The Bertz CT molecular complexity index is 1160. The van der Waals surface area contributed by atoms with Crippen molar-refractivity contribution in [1.82, 2.24) is 4.98 Å². The van der Waals surface area contributed by atoms with Crippen molar-refractivity contribution in [2.45, 2.75) is 12.6 Å². The average molecular weight is 434 g/mol. The van der Waals surface area contributed by atoms with E-state index in [1.165, 1.54) is 55.8 Å². The third-order valence-corrected chi connectivity index (χ3v) is 5.41. The van der Waals surface area contributed by atoms with Crippen LogP contribution in [-0.4, -0.2) is 34.7 Å². The minimum Gasteiger partial charge on any atom is -0.497 e. The number of pyridine rings is 1. The topological polar surface area (TPSA) is 96.8 Å². The normalized spacial score (nSPS) is 18.2. The Morgan fingerprint density at radius 3 is 2.31 bits per heavy atom. The summed E-state index contributed by atoms with van der Waals surface area (Å²) in [6.45, 7) is -0.236. The van der Waals surface area contributed by atoms with Gasteiger partial charge in [0.15, 0.2) is 5.78 Å². The van der Waals surface area contributed by atoms with Gasteiger partial charge in [0.05, 0.1) is 19.8 Å². The highest BCUT2D eigenvalue weighted by Gasteiger charge is 2.52. The van der Waals surface area contributed by atoms with Crippen LogP contribution in [0.2, 0.25) is 0 Å². The summed E-state index contributed by atoms with van der Waals surface area (Å²) in [6, 6.07) is 13.6. The van der Waals surface area contributed by atoms with Crippen LogP contribution in [0.1, 0.15) is 27.5 Å². The van der Waals surface area contributed by atoms with E-state index in [1.54, 1.807) is 18.2 Å². The van der Waals surface area contributed by atoms with Crippen LogP contribution in [0.4, 0.5) is 10.2 Å². The number of carbonyl (C=O) groups excluding carboxylic acids is 3. The van der Waals surface area contributed by atoms with Crippen molar-refractivity contribution in [2.24, 2.45) is 5.92 Å². The highest BCUT2D eigenvalue weighted by atomic mass is 19.1. The van der Waals surface area contributed by atoms with Crippen molar-refractivity contribution in [3.63, 3.8) is 0 Å². The van der Waals surface area contributed by atoms with Gasteiger partial charge in [-0.2, -0.15) is 0 Å². The number of nitrogens with zero attached hydrogens (tertiary/aromatic N) is 2. The van der Waals surface area contributed by atoms with Crippen LogP contribution in [-0.2, 0) is 16.2 Å². The number of ketones is 2. The molecule has 3 aromatic rings. The first kappa shape index (κ1) is 21.3. The number of aliphatic hydroxyl groups excluding tert-OH is 1. The van der Waals surface area contributed by atoms with Gasteiger partial charge in [0.1, 0.15) is 23.3 Å². The van der Waals surface area contributed by atoms with Crippen molar-refractivity contribution < 1.29 is 28.6 Å². The van der Waals surface area contributed by atoms with E-state index >= 15 is 0 Å². The smallest absolute Gasteiger partial charge is 0.297 e. The van der Waals surface area contributed by atoms with Gasteiger partial charge in [0.2, 0.25) is 5.78 Å². The van der Waals surface area contributed by atoms with Crippen molar-refractivity contribution in [2.75, 3.05) is 12.0 Å². The Balaban J connectivity index is 1.81. The number of aliphatic hydroxyl groups is 1. The number of hydrogen-bond acceptors (Lipinski definition) is 6. The summed E-state index contributed by atoms with van der Waals surface area (Å²) in [5.41, 5.74) is 1.19. The number of Topliss-reactive ketones (excluding diaryl/α,β-unsaturated/α-hetero) is 2. The Labute approximate surface area is 183 Å². The Morgan fingerprint density at radius 2 is 1.75 bits per heavy atom. The first-order valence-corrected chi connectivity index (χ1v) is 9.81. The molecule has 1 fully saturated rings. The van der Waals surface area contributed by atoms with E-state index in [1.807, 2.05) is 0 Å². The molecule has 4 rings (SSSR count). The molecule has 1 aliphatic heterocycles. The van der Waals surface area contributed by atoms with Crippen LogP contribution in [0, 0.1) is 11.7 Å². The molecule has 1 N–H and O–H groups in total. The molecule has 162 valence electrons. The third-order valence-electron chi connectivity index (χ3n) is 5.41. The zero-order valence-electron chi connectivity index (χ0n) is 17.1. The van der Waals surface area contributed by atoms with Gasteiger partial charge in [-0.25, -0.2) is 9.37 Å². The summed E-state index contributed by atoms with van der Waals surface area (Å²) in [5, 5.41) is 9.26. The van der Waals surface area contributed by atoms with Crippen LogP contribution < -0.4 is 9.64 Å². The predicted octanol–water partition coefficient (Wildman–Crippen LogP) is 2.88. The summed E-state index contributed by atoms with van der Waals surface area (Å²) in [4.78, 5) is 44.7. The lowest BCUT2D eigenvalue weighted by Gasteiger charge is -2.26. The molecule has 0 radical (unpaired) electrons. The molecule has 1 amide bonds. The molecule has 2 atom stereocenters. The monoisotopic (exact) mass is 434 g/mol. The van der Waals surface area contributed by atoms with Gasteiger partial charge in [0, 0.05) is 11.8 Å². The van der Waals surface area contributed by atoms with Gasteiger partial charge < -0.3 is 9.84 Å². The zero-order chi connectivity index (χ0) is 22.8. The molecule has 2 heterocycles. The zero-order valence-corrected chi connectivity index (χ0v) is 17.1. The average Bonchev–Trinajstić information content (AvgIpc) is 3.09. The quantitative estimate of drug-likeness (QED) is 0.364. The number of rotatable bonds is 6. The molecule has 0 aliphatic carbocycles. The second kappa shape index (κ2) is 8.68. The van der Waals surface area contributed by atoms with Gasteiger partial charge in [-0.3, -0.25) is 19.3 Å². The second-order valence-corrected chi connectivity index (χ2v) is 7.29. The van der Waals surface area contributed by atoms with Gasteiger partial charge in [-0.05, 0) is 53.6 Å². The third kappa shape index (κ3) is 3.76. The standard InChI is InChI=1S/C24H19FN2O5/c1-32-18-9-5-16(6-10-18)22(29)20-21(15-3-7-17(25)8-4-15)27(24(31)23(20)30)19-11-2-14(13-28)12-26-19/h2-12,20-21,28H,13H2,1H3. The molecule has 0 saturated carbocycles. The number of hydrogen-bond donors (Lipinski definition) is 1. The minimum atomic E-state index is -1.33. The number of aromatic nitrogens is 1. The second-order valence-electron chi connectivity index (χ2n) is 7.29. The summed E-state index contributed by atoms with van der Waals surface area (Å²) in [6.07, 6.45) is 1.38. The number of amides is 1. The highest BCUT2D eigenvalue weighted by Crippen LogP contribution is 2.40. The SMILES string of the molecule is COc1ccc(C(=O)C2C(=O)C(=O)N(c3ccc(CO)cn3)C2c2ccc(F)cc2)cc1. The van der Waals surface area contributed by atoms with Crippen LogP contribution in [0.15, 0.2) is 66.9 Å². The maximum Gasteiger partial charge on any atom is 0.297 e. The van der Waals surface area contributed by atoms with Crippen LogP contribution in [0.3, 0.4) is 0 Å². The lowest BCUT2D eigenvalue weighted by Crippen LogP contribution is -2.31. The number of halogens is 1. The predicted molar refractivity (Wildman–Crippen MR) is 113 cm³/mol. The fourth-order valence-electron chi connectivity index (χ4n) is 3.77. The lowest BCUT2D eigenvalue weighted by molar-refractivity contribution is -0.135. The van der Waals surface area contributed by atoms with Crippen molar-refractivity contribution in [1.29, 1.82) is 0 Å². The summed E-state index contributed by atoms with van der Waals surface area (Å²) in [7, 11) is 1.49. The van der Waals surface area contributed by atoms with Gasteiger partial charge >= 0.3 is 0 Å². The van der Waals surface area contributed by atoms with E-state index in [-0.39, 0.29) is 18.0 Å². The molecular weight excluding hydrogens is 415 g/mol. The van der Waals surface area contributed by atoms with Crippen molar-refractivity contribution in [3.05, 3.63) is 89.4 Å². The Kier molecular flexibility index (Phi) is 5.79. The number of methoxy groups -OCH3 is 1. The van der Waals surface area contributed by atoms with E-state index < -0.39 is 35.3 Å². The maximum atomic E-state index is 13.6. The Hall–Kier alpha value is -3.91. The van der Waals surface area contributed by atoms with Gasteiger partial charge in [-0.1, -0.05) is 18.2 Å². The van der Waals surface area contributed by atoms with Gasteiger partial charge in [0.25, 0.3) is 5.91 Å². The molecule has 0 spiro atoms. The molecular formula is C24H19FN2O5. The molecule has 2 aromatic carbocycles. The Morgan fingerprint density at radius 1 is 1.06 bits per heavy atom. The van der Waals surface area contributed by atoms with Crippen LogP contribution in [0.25, 0.3) is 0 Å². The largest absolute Gasteiger partial charge is 0.497 e. The molecule has 7 nitrogen and oxygen atoms in total. The van der Waals surface area contributed by atoms with Gasteiger partial charge in [-0.15, -0.1) is 0 Å². The molecule has 1 aliphatic rings. The first-order valence-electron chi connectivity index (χ1n) is 9.81. The number of benzene rings is 2. The molecule has 1 aromatic heterocycles. The molecule has 32 heavy (non-hydrogen) atoms. The van der Waals surface area contributed by atoms with Crippen molar-refractivity contribution >= 4 is 23.3 Å². The van der Waals surface area contributed by atoms with E-state index in [4.69, 9.17) is 4.74 Å². The highest BCUT2D eigenvalue weighted by molar-refractivity contribution is 6.48. The fraction of sp³-hybridized carbons (Fsp3) is 0.167. The van der Waals surface area contributed by atoms with Crippen LogP contribution in [0.5, 0.6) is 5.75 Å². The van der Waals surface area contributed by atoms with E-state index in [9.17, 15) is 23.9 Å². The maximum absolute atomic E-state index is 13.6. The molecule has 2 unspecified atom stereocenters. The number of anilines is 1. The van der Waals surface area contributed by atoms with Crippen molar-refractivity contribution in [3.8, 4) is 5.75 Å². The summed E-state index contributed by atoms with van der Waals surface area (Å²) >= 11 is 0. The summed E-state index contributed by atoms with van der Waals surface area (Å²) in [5.74, 6) is -3.40. The minimum absolute atomic E-state index is 0.153. The van der Waals surface area contributed by atoms with Crippen LogP contribution >= 0.6 is 0 Å². The molecule has 1 saturated heterocycles. The van der Waals surface area contributed by atoms with E-state index in [0.29, 0.717) is 16.9 Å².